The summed E-state index contributed by atoms with van der Waals surface area (Å²) in [6.07, 6.45) is 0. The van der Waals surface area contributed by atoms with Gasteiger partial charge in [0.2, 0.25) is 0 Å². The Labute approximate surface area is 364 Å². The van der Waals surface area contributed by atoms with Crippen LogP contribution in [-0.2, 0) is 0 Å². The third-order valence-corrected chi connectivity index (χ3v) is 10.2. The molecule has 0 bridgehead atoms. The Balaban J connectivity index is 0.000000242. The molecule has 60 heavy (non-hydrogen) atoms. The Hall–Kier alpha value is -6.24. The average molecular weight is 789 g/mol. The van der Waals surface area contributed by atoms with Gasteiger partial charge in [-0.3, -0.25) is 0 Å². The molecule has 0 fully saturated rings. The predicted molar refractivity (Wildman–Crippen MR) is 268 cm³/mol. The molecule has 0 radical (unpaired) electrons. The van der Waals surface area contributed by atoms with Crippen molar-refractivity contribution < 1.29 is 0 Å². The molecule has 308 valence electrons. The maximum Gasteiger partial charge on any atom is -0.0146 e. The monoisotopic (exact) mass is 789 g/mol. The summed E-state index contributed by atoms with van der Waals surface area (Å²) in [5.74, 6) is 0. The van der Waals surface area contributed by atoms with Gasteiger partial charge in [-0.05, 0) is 140 Å². The maximum absolute atomic E-state index is 2.33. The standard InChI is InChI=1S/C27H24.C15H16.2C7H8.2C2H6/c1-19-11-14-22(15-12-19)23-8-6-9-24(17-23)25-16-13-21(3)27(18-25)26-10-5-4-7-20(26)2;1-11-8-6-10-15(13(11)3)14-9-5-4-7-12(14)2;2*1-7-5-3-2-4-6-7;2*1-2/h4-18H,1-3H3;4-10H,1-3H3;2*2-6H,1H3;2*1-2H3. The lowest BCUT2D eigenvalue weighted by Crippen LogP contribution is -1.89. The van der Waals surface area contributed by atoms with Crippen molar-refractivity contribution in [3.63, 3.8) is 0 Å². The zero-order valence-corrected chi connectivity index (χ0v) is 38.5. The van der Waals surface area contributed by atoms with Gasteiger partial charge in [0.1, 0.15) is 0 Å². The van der Waals surface area contributed by atoms with Crippen molar-refractivity contribution in [3.05, 3.63) is 239 Å². The molecule has 0 atom stereocenters. The minimum Gasteiger partial charge on any atom is -0.0683 e. The van der Waals surface area contributed by atoms with Crippen molar-refractivity contribution in [1.29, 1.82) is 0 Å². The number of hydrogen-bond donors (Lipinski definition) is 0. The molecule has 0 N–H and O–H groups in total. The average Bonchev–Trinajstić information content (AvgIpc) is 3.28. The first-order chi connectivity index (χ1) is 29.1. The summed E-state index contributed by atoms with van der Waals surface area (Å²) < 4.78 is 0. The highest BCUT2D eigenvalue weighted by atomic mass is 14.1. The molecule has 8 rings (SSSR count). The molecular weight excluding hydrogens is 721 g/mol. The molecule has 0 aromatic heterocycles. The summed E-state index contributed by atoms with van der Waals surface area (Å²) in [4.78, 5) is 0. The molecule has 0 heterocycles. The van der Waals surface area contributed by atoms with E-state index in [1.165, 1.54) is 89.0 Å². The fraction of sp³-hybridized carbons (Fsp3) is 0.200. The van der Waals surface area contributed by atoms with Crippen molar-refractivity contribution in [2.75, 3.05) is 0 Å². The summed E-state index contributed by atoms with van der Waals surface area (Å²) in [7, 11) is 0. The quantitative estimate of drug-likeness (QED) is 0.167. The summed E-state index contributed by atoms with van der Waals surface area (Å²) >= 11 is 0. The smallest absolute Gasteiger partial charge is 0.0146 e. The van der Waals surface area contributed by atoms with Crippen LogP contribution in [0.15, 0.2) is 194 Å². The van der Waals surface area contributed by atoms with Crippen LogP contribution in [0.25, 0.3) is 44.5 Å². The lowest BCUT2D eigenvalue weighted by molar-refractivity contribution is 1.33. The molecule has 8 aromatic carbocycles. The van der Waals surface area contributed by atoms with E-state index in [9.17, 15) is 0 Å². The molecule has 0 aliphatic heterocycles. The van der Waals surface area contributed by atoms with Gasteiger partial charge in [-0.15, -0.1) is 0 Å². The van der Waals surface area contributed by atoms with E-state index in [1.807, 2.05) is 64.1 Å². The van der Waals surface area contributed by atoms with E-state index < -0.39 is 0 Å². The Morgan fingerprint density at radius 3 is 1.05 bits per heavy atom. The summed E-state index contributed by atoms with van der Waals surface area (Å²) in [5, 5.41) is 0. The molecular formula is C60H68. The second-order valence-corrected chi connectivity index (χ2v) is 14.7. The minimum absolute atomic E-state index is 1.25. The normalized spacial score (nSPS) is 9.67. The van der Waals surface area contributed by atoms with E-state index in [2.05, 4.69) is 213 Å². The molecule has 0 spiro atoms. The zero-order valence-electron chi connectivity index (χ0n) is 38.5. The molecule has 0 aliphatic carbocycles. The first-order valence-corrected chi connectivity index (χ1v) is 21.6. The van der Waals surface area contributed by atoms with Crippen LogP contribution in [0.4, 0.5) is 0 Å². The van der Waals surface area contributed by atoms with E-state index >= 15 is 0 Å². The third kappa shape index (κ3) is 14.9. The second-order valence-electron chi connectivity index (χ2n) is 14.7. The molecule has 0 heteroatoms. The highest BCUT2D eigenvalue weighted by Crippen LogP contribution is 2.33. The highest BCUT2D eigenvalue weighted by molar-refractivity contribution is 5.79. The summed E-state index contributed by atoms with van der Waals surface area (Å²) in [5.41, 5.74) is 21.0. The lowest BCUT2D eigenvalue weighted by Gasteiger charge is -2.13. The van der Waals surface area contributed by atoms with Gasteiger partial charge in [0.05, 0.1) is 0 Å². The maximum atomic E-state index is 2.33. The van der Waals surface area contributed by atoms with Gasteiger partial charge in [0.15, 0.2) is 0 Å². The molecule has 8 aromatic rings. The summed E-state index contributed by atoms with van der Waals surface area (Å²) in [6, 6.07) is 68.5. The third-order valence-electron chi connectivity index (χ3n) is 10.2. The van der Waals surface area contributed by atoms with Gasteiger partial charge in [0.25, 0.3) is 0 Å². The fourth-order valence-electron chi connectivity index (χ4n) is 6.58. The van der Waals surface area contributed by atoms with Crippen LogP contribution >= 0.6 is 0 Å². The second kappa shape index (κ2) is 26.0. The van der Waals surface area contributed by atoms with Gasteiger partial charge < -0.3 is 0 Å². The number of aryl methyl sites for hydroxylation is 7. The van der Waals surface area contributed by atoms with Gasteiger partial charge in [-0.1, -0.05) is 226 Å². The van der Waals surface area contributed by atoms with Crippen LogP contribution in [-0.4, -0.2) is 0 Å². The molecule has 0 unspecified atom stereocenters. The zero-order chi connectivity index (χ0) is 43.9. The number of rotatable bonds is 4. The Kier molecular flexibility index (Phi) is 20.8. The van der Waals surface area contributed by atoms with Crippen molar-refractivity contribution in [2.24, 2.45) is 0 Å². The lowest BCUT2D eigenvalue weighted by atomic mass is 9.92. The molecule has 0 saturated carbocycles. The van der Waals surface area contributed by atoms with E-state index in [0.29, 0.717) is 0 Å². The number of hydrogen-bond acceptors (Lipinski definition) is 0. The van der Waals surface area contributed by atoms with Gasteiger partial charge >= 0.3 is 0 Å². The van der Waals surface area contributed by atoms with Gasteiger partial charge in [-0.25, -0.2) is 0 Å². The Morgan fingerprint density at radius 1 is 0.217 bits per heavy atom. The largest absolute Gasteiger partial charge is 0.0683 e. The fourth-order valence-corrected chi connectivity index (χ4v) is 6.58. The minimum atomic E-state index is 1.25. The van der Waals surface area contributed by atoms with E-state index in [1.54, 1.807) is 0 Å². The van der Waals surface area contributed by atoms with Crippen molar-refractivity contribution in [2.45, 2.75) is 83.1 Å². The highest BCUT2D eigenvalue weighted by Gasteiger charge is 2.09. The van der Waals surface area contributed by atoms with Crippen LogP contribution in [0.1, 0.15) is 72.2 Å². The van der Waals surface area contributed by atoms with E-state index in [0.717, 1.165) is 0 Å². The van der Waals surface area contributed by atoms with Gasteiger partial charge in [-0.2, -0.15) is 0 Å². The molecule has 0 aliphatic rings. The Bertz CT molecular complexity index is 2380. The SMILES string of the molecule is CC.CC.Cc1ccc(-c2cccc(-c3ccc(C)c(-c4ccccc4C)c3)c2)cc1.Cc1ccccc1.Cc1ccccc1.Cc1ccccc1-c1cccc(C)c1C. The van der Waals surface area contributed by atoms with Crippen LogP contribution in [0, 0.1) is 55.4 Å². The van der Waals surface area contributed by atoms with E-state index in [4.69, 9.17) is 0 Å². The van der Waals surface area contributed by atoms with Crippen LogP contribution < -0.4 is 0 Å². The van der Waals surface area contributed by atoms with Crippen molar-refractivity contribution in [3.8, 4) is 44.5 Å². The van der Waals surface area contributed by atoms with Gasteiger partial charge in [0, 0.05) is 0 Å². The van der Waals surface area contributed by atoms with Crippen molar-refractivity contribution >= 4 is 0 Å². The molecule has 0 nitrogen and oxygen atoms in total. The predicted octanol–water partition coefficient (Wildman–Crippen LogP) is 17.9. The first-order valence-electron chi connectivity index (χ1n) is 21.6. The summed E-state index contributed by atoms with van der Waals surface area (Å²) in [6.45, 7) is 25.2. The molecule has 0 amide bonds. The number of benzene rings is 8. The molecule has 0 saturated heterocycles. The topological polar surface area (TPSA) is 0 Å². The first kappa shape index (κ1) is 48.1. The van der Waals surface area contributed by atoms with Crippen LogP contribution in [0.3, 0.4) is 0 Å². The van der Waals surface area contributed by atoms with Crippen molar-refractivity contribution in [1.82, 2.24) is 0 Å². The van der Waals surface area contributed by atoms with E-state index in [-0.39, 0.29) is 0 Å². The van der Waals surface area contributed by atoms with Crippen LogP contribution in [0.5, 0.6) is 0 Å². The Morgan fingerprint density at radius 2 is 0.567 bits per heavy atom. The van der Waals surface area contributed by atoms with Crippen LogP contribution in [0.2, 0.25) is 0 Å².